The van der Waals surface area contributed by atoms with Crippen LogP contribution in [0.4, 0.5) is 5.69 Å². The molecule has 1 aromatic rings. The molecule has 1 aliphatic rings. The topological polar surface area (TPSA) is 70.7 Å². The lowest BCUT2D eigenvalue weighted by molar-refractivity contribution is 0.0730. The Morgan fingerprint density at radius 3 is 2.67 bits per heavy atom. The predicted octanol–water partition coefficient (Wildman–Crippen LogP) is 1.28. The van der Waals surface area contributed by atoms with Gasteiger partial charge in [0.2, 0.25) is 10.0 Å². The Bertz CT molecular complexity index is 631. The summed E-state index contributed by atoms with van der Waals surface area (Å²) in [5, 5.41) is 6.36. The molecular formula is C12H16ClN3O3S2. The molecule has 9 heteroatoms. The second-order valence-corrected chi connectivity index (χ2v) is 7.12. The Labute approximate surface area is 134 Å². The molecule has 0 bridgehead atoms. The van der Waals surface area contributed by atoms with Gasteiger partial charge < -0.3 is 15.4 Å². The molecule has 0 aliphatic carbocycles. The number of halogens is 1. The number of rotatable bonds is 3. The van der Waals surface area contributed by atoms with Crippen molar-refractivity contribution in [2.75, 3.05) is 38.7 Å². The molecule has 1 fully saturated rings. The number of sulfonamides is 1. The molecule has 0 saturated carbocycles. The number of ether oxygens (including phenoxy) is 1. The number of nitrogens with zero attached hydrogens (tertiary/aromatic N) is 1. The molecule has 0 unspecified atom stereocenters. The lowest BCUT2D eigenvalue weighted by atomic mass is 10.3. The van der Waals surface area contributed by atoms with E-state index in [4.69, 9.17) is 28.6 Å². The number of morpholine rings is 1. The summed E-state index contributed by atoms with van der Waals surface area (Å²) in [5.74, 6) is 0. The maximum absolute atomic E-state index is 12.6. The van der Waals surface area contributed by atoms with Crippen molar-refractivity contribution in [1.82, 2.24) is 9.62 Å². The van der Waals surface area contributed by atoms with Gasteiger partial charge in [-0.3, -0.25) is 0 Å². The second-order valence-electron chi connectivity index (χ2n) is 4.36. The first-order valence-electron chi connectivity index (χ1n) is 6.31. The van der Waals surface area contributed by atoms with Gasteiger partial charge in [0, 0.05) is 20.1 Å². The van der Waals surface area contributed by atoms with E-state index < -0.39 is 10.0 Å². The highest BCUT2D eigenvalue weighted by Gasteiger charge is 2.26. The summed E-state index contributed by atoms with van der Waals surface area (Å²) in [4.78, 5) is 0.176. The van der Waals surface area contributed by atoms with Gasteiger partial charge in [-0.05, 0) is 30.4 Å². The molecule has 1 heterocycles. The molecule has 116 valence electrons. The summed E-state index contributed by atoms with van der Waals surface area (Å²) in [6.07, 6.45) is 0. The van der Waals surface area contributed by atoms with E-state index in [0.717, 1.165) is 0 Å². The fourth-order valence-corrected chi connectivity index (χ4v) is 3.59. The van der Waals surface area contributed by atoms with Crippen molar-refractivity contribution >= 4 is 44.6 Å². The standard InChI is InChI=1S/C12H16ClN3O3S2/c1-14-12(20)15-11-8-9(2-3-10(11)13)21(17,18)16-4-6-19-7-5-16/h2-3,8H,4-7H2,1H3,(H2,14,15,20). The van der Waals surface area contributed by atoms with Gasteiger partial charge >= 0.3 is 0 Å². The zero-order valence-corrected chi connectivity index (χ0v) is 13.8. The van der Waals surface area contributed by atoms with E-state index in [1.165, 1.54) is 22.5 Å². The van der Waals surface area contributed by atoms with Crippen LogP contribution in [0.3, 0.4) is 0 Å². The minimum absolute atomic E-state index is 0.176. The van der Waals surface area contributed by atoms with E-state index in [0.29, 0.717) is 42.1 Å². The van der Waals surface area contributed by atoms with Crippen molar-refractivity contribution in [1.29, 1.82) is 0 Å². The van der Waals surface area contributed by atoms with Gasteiger partial charge in [0.25, 0.3) is 0 Å². The van der Waals surface area contributed by atoms with Crippen LogP contribution in [-0.2, 0) is 14.8 Å². The first-order chi connectivity index (χ1) is 9.95. The van der Waals surface area contributed by atoms with Gasteiger partial charge in [-0.15, -0.1) is 0 Å². The van der Waals surface area contributed by atoms with Crippen LogP contribution in [0, 0.1) is 0 Å². The lowest BCUT2D eigenvalue weighted by Gasteiger charge is -2.26. The first-order valence-corrected chi connectivity index (χ1v) is 8.54. The third kappa shape index (κ3) is 3.83. The highest BCUT2D eigenvalue weighted by atomic mass is 35.5. The number of anilines is 1. The van der Waals surface area contributed by atoms with Crippen molar-refractivity contribution in [3.05, 3.63) is 23.2 Å². The predicted molar refractivity (Wildman–Crippen MR) is 86.3 cm³/mol. The van der Waals surface area contributed by atoms with Crippen LogP contribution in [-0.4, -0.2) is 51.2 Å². The first kappa shape index (κ1) is 16.4. The van der Waals surface area contributed by atoms with E-state index in [2.05, 4.69) is 10.6 Å². The van der Waals surface area contributed by atoms with Crippen LogP contribution in [0.2, 0.25) is 5.02 Å². The Morgan fingerprint density at radius 2 is 2.05 bits per heavy atom. The van der Waals surface area contributed by atoms with Crippen LogP contribution in [0.25, 0.3) is 0 Å². The summed E-state index contributed by atoms with van der Waals surface area (Å²) >= 11 is 11.1. The SMILES string of the molecule is CNC(=S)Nc1cc(S(=O)(=O)N2CCOCC2)ccc1Cl. The molecule has 0 spiro atoms. The summed E-state index contributed by atoms with van der Waals surface area (Å²) in [6.45, 7) is 1.51. The van der Waals surface area contributed by atoms with E-state index >= 15 is 0 Å². The van der Waals surface area contributed by atoms with Crippen LogP contribution < -0.4 is 10.6 Å². The summed E-state index contributed by atoms with van der Waals surface area (Å²) in [5.41, 5.74) is 0.449. The molecule has 0 radical (unpaired) electrons. The second kappa shape index (κ2) is 6.89. The van der Waals surface area contributed by atoms with E-state index in [-0.39, 0.29) is 4.90 Å². The molecule has 1 aromatic carbocycles. The van der Waals surface area contributed by atoms with E-state index in [1.807, 2.05) is 0 Å². The zero-order valence-electron chi connectivity index (χ0n) is 11.4. The molecule has 1 aliphatic heterocycles. The molecule has 6 nitrogen and oxygen atoms in total. The average Bonchev–Trinajstić information content (AvgIpc) is 2.50. The quantitative estimate of drug-likeness (QED) is 0.801. The molecule has 1 saturated heterocycles. The maximum Gasteiger partial charge on any atom is 0.243 e. The molecule has 0 atom stereocenters. The molecule has 2 N–H and O–H groups in total. The lowest BCUT2D eigenvalue weighted by Crippen LogP contribution is -2.40. The van der Waals surface area contributed by atoms with E-state index in [9.17, 15) is 8.42 Å². The Hall–Kier alpha value is -0.930. The monoisotopic (exact) mass is 349 g/mol. The van der Waals surface area contributed by atoms with Crippen LogP contribution in [0.1, 0.15) is 0 Å². The molecule has 21 heavy (non-hydrogen) atoms. The Kier molecular flexibility index (Phi) is 5.39. The molecule has 0 aromatic heterocycles. The van der Waals surface area contributed by atoms with Crippen molar-refractivity contribution in [2.24, 2.45) is 0 Å². The van der Waals surface area contributed by atoms with Crippen molar-refractivity contribution in [3.63, 3.8) is 0 Å². The largest absolute Gasteiger partial charge is 0.379 e. The number of hydrogen-bond acceptors (Lipinski definition) is 4. The fourth-order valence-electron chi connectivity index (χ4n) is 1.88. The highest BCUT2D eigenvalue weighted by molar-refractivity contribution is 7.89. The van der Waals surface area contributed by atoms with Gasteiger partial charge in [0.1, 0.15) is 0 Å². The van der Waals surface area contributed by atoms with Gasteiger partial charge in [-0.25, -0.2) is 8.42 Å². The normalized spacial score (nSPS) is 16.5. The Balaban J connectivity index is 2.30. The number of benzene rings is 1. The van der Waals surface area contributed by atoms with Gasteiger partial charge in [0.05, 0.1) is 28.8 Å². The smallest absolute Gasteiger partial charge is 0.243 e. The average molecular weight is 350 g/mol. The third-order valence-corrected chi connectivity index (χ3v) is 5.55. The highest BCUT2D eigenvalue weighted by Crippen LogP contribution is 2.27. The van der Waals surface area contributed by atoms with Crippen LogP contribution in [0.15, 0.2) is 23.1 Å². The van der Waals surface area contributed by atoms with Crippen molar-refractivity contribution in [2.45, 2.75) is 4.90 Å². The molecule has 2 rings (SSSR count). The third-order valence-electron chi connectivity index (χ3n) is 3.02. The Morgan fingerprint density at radius 1 is 1.38 bits per heavy atom. The van der Waals surface area contributed by atoms with Gasteiger partial charge in [-0.2, -0.15) is 4.31 Å². The summed E-state index contributed by atoms with van der Waals surface area (Å²) in [6, 6.07) is 4.51. The number of hydrogen-bond donors (Lipinski definition) is 2. The van der Waals surface area contributed by atoms with E-state index in [1.54, 1.807) is 7.05 Å². The number of thiocarbonyl (C=S) groups is 1. The zero-order chi connectivity index (χ0) is 15.5. The van der Waals surface area contributed by atoms with Crippen molar-refractivity contribution < 1.29 is 13.2 Å². The van der Waals surface area contributed by atoms with Crippen LogP contribution >= 0.6 is 23.8 Å². The fraction of sp³-hybridized carbons (Fsp3) is 0.417. The molecular weight excluding hydrogens is 334 g/mol. The summed E-state index contributed by atoms with van der Waals surface area (Å²) in [7, 11) is -1.89. The molecule has 0 amide bonds. The maximum atomic E-state index is 12.6. The van der Waals surface area contributed by atoms with Gasteiger partial charge in [0.15, 0.2) is 5.11 Å². The van der Waals surface area contributed by atoms with Crippen molar-refractivity contribution in [3.8, 4) is 0 Å². The minimum Gasteiger partial charge on any atom is -0.379 e. The van der Waals surface area contributed by atoms with Crippen LogP contribution in [0.5, 0.6) is 0 Å². The summed E-state index contributed by atoms with van der Waals surface area (Å²) < 4.78 is 31.7. The minimum atomic E-state index is -3.55. The number of nitrogens with one attached hydrogen (secondary N) is 2. The van der Waals surface area contributed by atoms with Gasteiger partial charge in [-0.1, -0.05) is 11.6 Å².